The number of hydrogen-bond acceptors (Lipinski definition) is 3. The monoisotopic (exact) mass is 933 g/mol. The van der Waals surface area contributed by atoms with Gasteiger partial charge in [0.15, 0.2) is 0 Å². The number of nitrogens with zero attached hydrogens (tertiary/aromatic N) is 2. The number of thiophene rings is 1. The lowest BCUT2D eigenvalue weighted by molar-refractivity contribution is 0.199. The van der Waals surface area contributed by atoms with Crippen molar-refractivity contribution in [1.82, 2.24) is 0 Å². The van der Waals surface area contributed by atoms with Crippen molar-refractivity contribution in [3.8, 4) is 33.4 Å². The zero-order chi connectivity index (χ0) is 48.7. The van der Waals surface area contributed by atoms with E-state index in [0.29, 0.717) is 0 Å². The van der Waals surface area contributed by atoms with Gasteiger partial charge in [0.1, 0.15) is 0 Å². The maximum absolute atomic E-state index is 3.02. The van der Waals surface area contributed by atoms with Crippen molar-refractivity contribution in [1.29, 1.82) is 0 Å². The topological polar surface area (TPSA) is 6.48 Å². The van der Waals surface area contributed by atoms with Crippen LogP contribution in [0, 0.1) is 0 Å². The van der Waals surface area contributed by atoms with E-state index in [9.17, 15) is 0 Å². The molecule has 1 fully saturated rings. The van der Waals surface area contributed by atoms with E-state index < -0.39 is 0 Å². The van der Waals surface area contributed by atoms with E-state index in [1.54, 1.807) is 5.56 Å². The molecule has 2 nitrogen and oxygen atoms in total. The lowest BCUT2D eigenvalue weighted by Crippen LogP contribution is -2.70. The fourth-order valence-corrected chi connectivity index (χ4v) is 15.5. The fourth-order valence-electron chi connectivity index (χ4n) is 14.2. The number of fused-ring (bicyclic) bond motifs is 12. The Morgan fingerprint density at radius 3 is 1.83 bits per heavy atom. The zero-order valence-corrected chi connectivity index (χ0v) is 44.6. The van der Waals surface area contributed by atoms with E-state index in [1.165, 1.54) is 148 Å². The Kier molecular flexibility index (Phi) is 9.21. The van der Waals surface area contributed by atoms with Crippen molar-refractivity contribution in [2.24, 2.45) is 0 Å². The Morgan fingerprint density at radius 1 is 0.500 bits per heavy atom. The highest BCUT2D eigenvalue weighted by Gasteiger charge is 2.63. The quantitative estimate of drug-likeness (QED) is 0.163. The van der Waals surface area contributed by atoms with Crippen LogP contribution in [0.3, 0.4) is 0 Å². The first-order chi connectivity index (χ1) is 33.2. The molecule has 0 spiro atoms. The second-order valence-electron chi connectivity index (χ2n) is 25.9. The third kappa shape index (κ3) is 6.04. The van der Waals surface area contributed by atoms with Gasteiger partial charge in [-0.2, -0.15) is 0 Å². The summed E-state index contributed by atoms with van der Waals surface area (Å²) in [5.74, 6) is 0. The third-order valence-electron chi connectivity index (χ3n) is 18.8. The van der Waals surface area contributed by atoms with Gasteiger partial charge >= 0.3 is 6.85 Å². The molecule has 0 amide bonds. The molecular formula is C66H69BN2S. The molecule has 7 aromatic carbocycles. The summed E-state index contributed by atoms with van der Waals surface area (Å²) in [4.78, 5) is 5.80. The van der Waals surface area contributed by atoms with Crippen LogP contribution in [0.2, 0.25) is 0 Å². The van der Waals surface area contributed by atoms with Gasteiger partial charge in [-0.1, -0.05) is 174 Å². The van der Waals surface area contributed by atoms with Crippen LogP contribution < -0.4 is 20.6 Å². The minimum atomic E-state index is -0.0785. The van der Waals surface area contributed by atoms with E-state index in [0.717, 1.165) is 0 Å². The lowest BCUT2D eigenvalue weighted by atomic mass is 9.42. The fraction of sp³-hybridized carbons (Fsp3) is 0.364. The predicted molar refractivity (Wildman–Crippen MR) is 305 cm³/mol. The molecule has 13 rings (SSSR count). The number of rotatable bonds is 3. The second kappa shape index (κ2) is 14.5. The molecule has 1 saturated carbocycles. The maximum atomic E-state index is 3.02. The van der Waals surface area contributed by atoms with Gasteiger partial charge in [0.2, 0.25) is 0 Å². The molecule has 8 aromatic rings. The predicted octanol–water partition coefficient (Wildman–Crippen LogP) is 17.3. The summed E-state index contributed by atoms with van der Waals surface area (Å²) in [5.41, 5.74) is 23.7. The molecule has 352 valence electrons. The van der Waals surface area contributed by atoms with Crippen molar-refractivity contribution in [3.05, 3.63) is 155 Å². The van der Waals surface area contributed by atoms with Crippen molar-refractivity contribution < 1.29 is 0 Å². The molecule has 1 aromatic heterocycles. The van der Waals surface area contributed by atoms with Gasteiger partial charge in [-0.15, -0.1) is 11.3 Å². The minimum Gasteiger partial charge on any atom is -0.400 e. The number of hydrogen-bond donors (Lipinski definition) is 0. The standard InChI is InChI=1S/C66H69BN2S/c1-61(2,3)43-25-28-54(46(35-43)41-23-17-14-18-24-41)68-55-34-42(40-21-15-13-16-22-40)33-48-49-36-44(62(4,5)6)37-52-58(49)69(66(12)30-20-19-29-65(52,66)11)67(57(48)55)53-27-26-45-47-38-50-51(39-56(47)70-60(45)59(53)68)64(9,10)32-31-63(50,7)8/h13-18,21-28,33-39H,19-20,29-32H2,1-12H3. The van der Waals surface area contributed by atoms with Crippen molar-refractivity contribution in [2.45, 2.75) is 154 Å². The maximum Gasteiger partial charge on any atom is 0.328 e. The summed E-state index contributed by atoms with van der Waals surface area (Å²) in [5, 5.41) is 2.78. The first-order valence-electron chi connectivity index (χ1n) is 26.5. The summed E-state index contributed by atoms with van der Waals surface area (Å²) < 4.78 is 2.80. The molecule has 0 saturated heterocycles. The zero-order valence-electron chi connectivity index (χ0n) is 43.7. The molecule has 0 radical (unpaired) electrons. The SMILES string of the molecule is CC(C)(C)c1ccc(N2c3cc(-c4ccccc4)cc4c3B(c3ccc5c(sc6cc7c(cc65)C(C)(C)CCC7(C)C)c32)N2c3c-4cc(C(C)(C)C)cc3C3(C)CCCCC23C)c(-c2ccccc2)c1. The van der Waals surface area contributed by atoms with E-state index in [2.05, 4.69) is 220 Å². The summed E-state index contributed by atoms with van der Waals surface area (Å²) >= 11 is 2.04. The Hall–Kier alpha value is -5.58. The van der Waals surface area contributed by atoms with Crippen LogP contribution in [0.5, 0.6) is 0 Å². The van der Waals surface area contributed by atoms with Gasteiger partial charge in [0.25, 0.3) is 0 Å². The van der Waals surface area contributed by atoms with Gasteiger partial charge in [-0.05, 0) is 158 Å². The van der Waals surface area contributed by atoms with Crippen LogP contribution in [-0.4, -0.2) is 12.4 Å². The van der Waals surface area contributed by atoms with Gasteiger partial charge in [-0.25, -0.2) is 0 Å². The highest BCUT2D eigenvalue weighted by atomic mass is 32.1. The van der Waals surface area contributed by atoms with Crippen LogP contribution >= 0.6 is 11.3 Å². The van der Waals surface area contributed by atoms with E-state index in [1.807, 2.05) is 11.3 Å². The normalized spacial score (nSPS) is 21.6. The van der Waals surface area contributed by atoms with Crippen LogP contribution in [0.15, 0.2) is 127 Å². The Bertz CT molecular complexity index is 3510. The molecule has 2 aliphatic carbocycles. The van der Waals surface area contributed by atoms with Crippen LogP contribution in [-0.2, 0) is 27.1 Å². The first-order valence-corrected chi connectivity index (χ1v) is 27.3. The first kappa shape index (κ1) is 44.4. The molecule has 4 heteroatoms. The highest BCUT2D eigenvalue weighted by Crippen LogP contribution is 2.64. The highest BCUT2D eigenvalue weighted by molar-refractivity contribution is 7.26. The molecule has 3 aliphatic heterocycles. The minimum absolute atomic E-state index is 0.00200. The molecule has 4 heterocycles. The summed E-state index contributed by atoms with van der Waals surface area (Å²) in [7, 11) is 0. The Labute approximate surface area is 422 Å². The van der Waals surface area contributed by atoms with Gasteiger partial charge in [0, 0.05) is 48.9 Å². The molecule has 70 heavy (non-hydrogen) atoms. The van der Waals surface area contributed by atoms with Gasteiger partial charge < -0.3 is 9.71 Å². The number of benzene rings is 7. The Morgan fingerprint density at radius 2 is 1.14 bits per heavy atom. The van der Waals surface area contributed by atoms with Crippen molar-refractivity contribution in [3.63, 3.8) is 0 Å². The summed E-state index contributed by atoms with van der Waals surface area (Å²) in [6.45, 7) is 29.6. The summed E-state index contributed by atoms with van der Waals surface area (Å²) in [6.07, 6.45) is 7.32. The molecule has 0 N–H and O–H groups in total. The Balaban J connectivity index is 1.21. The average Bonchev–Trinajstić information content (AvgIpc) is 3.80. The third-order valence-corrected chi connectivity index (χ3v) is 19.9. The van der Waals surface area contributed by atoms with Crippen molar-refractivity contribution in [2.75, 3.05) is 9.71 Å². The van der Waals surface area contributed by atoms with Gasteiger partial charge in [-0.3, -0.25) is 0 Å². The largest absolute Gasteiger partial charge is 0.400 e. The smallest absolute Gasteiger partial charge is 0.328 e. The van der Waals surface area contributed by atoms with E-state index in [-0.39, 0.29) is 39.5 Å². The van der Waals surface area contributed by atoms with Crippen LogP contribution in [0.1, 0.15) is 149 Å². The molecule has 5 aliphatic rings. The average molecular weight is 933 g/mol. The van der Waals surface area contributed by atoms with Crippen molar-refractivity contribution >= 4 is 72.0 Å². The van der Waals surface area contributed by atoms with E-state index >= 15 is 0 Å². The molecule has 0 bridgehead atoms. The van der Waals surface area contributed by atoms with Gasteiger partial charge in [0.05, 0.1) is 16.1 Å². The second-order valence-corrected chi connectivity index (χ2v) is 27.0. The molecule has 2 unspecified atom stereocenters. The van der Waals surface area contributed by atoms with E-state index in [4.69, 9.17) is 0 Å². The number of anilines is 4. The molecular weight excluding hydrogens is 864 g/mol. The van der Waals surface area contributed by atoms with Crippen LogP contribution in [0.4, 0.5) is 22.7 Å². The van der Waals surface area contributed by atoms with Crippen LogP contribution in [0.25, 0.3) is 53.6 Å². The summed E-state index contributed by atoms with van der Waals surface area (Å²) in [6, 6.07) is 50.7. The molecule has 2 atom stereocenters. The lowest BCUT2D eigenvalue weighted by Gasteiger charge is -2.55.